The van der Waals surface area contributed by atoms with Crippen molar-refractivity contribution in [3.8, 4) is 5.75 Å². The lowest BCUT2D eigenvalue weighted by Crippen LogP contribution is -2.06. The Morgan fingerprint density at radius 3 is 2.57 bits per heavy atom. The van der Waals surface area contributed by atoms with E-state index in [-0.39, 0.29) is 12.4 Å². The Kier molecular flexibility index (Phi) is 7.56. The summed E-state index contributed by atoms with van der Waals surface area (Å²) in [6, 6.07) is 14.1. The summed E-state index contributed by atoms with van der Waals surface area (Å²) in [5.41, 5.74) is 4.04. The van der Waals surface area contributed by atoms with Gasteiger partial charge in [0.05, 0.1) is 13.5 Å². The van der Waals surface area contributed by atoms with Crippen LogP contribution in [0.15, 0.2) is 46.9 Å². The molecule has 4 heteroatoms. The van der Waals surface area contributed by atoms with Gasteiger partial charge in [0.2, 0.25) is 0 Å². The van der Waals surface area contributed by atoms with E-state index >= 15 is 0 Å². The molecule has 3 aromatic rings. The fourth-order valence-corrected chi connectivity index (χ4v) is 4.10. The first-order valence-electron chi connectivity index (χ1n) is 10.9. The first kappa shape index (κ1) is 21.9. The minimum absolute atomic E-state index is 0.206. The van der Waals surface area contributed by atoms with E-state index in [1.165, 1.54) is 32.8 Å². The number of ether oxygens (including phenoxy) is 2. The fourth-order valence-electron chi connectivity index (χ4n) is 4.10. The number of fused-ring (bicyclic) bond motifs is 1. The third-order valence-corrected chi connectivity index (χ3v) is 5.57. The van der Waals surface area contributed by atoms with E-state index in [9.17, 15) is 4.79 Å². The van der Waals surface area contributed by atoms with Gasteiger partial charge in [-0.25, -0.2) is 0 Å². The van der Waals surface area contributed by atoms with E-state index in [2.05, 4.69) is 25.1 Å². The third-order valence-electron chi connectivity index (χ3n) is 5.57. The van der Waals surface area contributed by atoms with Crippen molar-refractivity contribution >= 4 is 16.9 Å². The molecule has 1 heterocycles. The molecule has 30 heavy (non-hydrogen) atoms. The molecule has 160 valence electrons. The molecule has 0 N–H and O–H groups in total. The van der Waals surface area contributed by atoms with Crippen LogP contribution in [0.3, 0.4) is 0 Å². The van der Waals surface area contributed by atoms with Crippen molar-refractivity contribution < 1.29 is 18.7 Å². The van der Waals surface area contributed by atoms with Gasteiger partial charge in [-0.05, 0) is 55.2 Å². The largest absolute Gasteiger partial charge is 0.489 e. The van der Waals surface area contributed by atoms with Gasteiger partial charge < -0.3 is 13.9 Å². The Bertz CT molecular complexity index is 980. The minimum atomic E-state index is -0.272. The van der Waals surface area contributed by atoms with Gasteiger partial charge in [-0.15, -0.1) is 0 Å². The second kappa shape index (κ2) is 10.3. The Morgan fingerprint density at radius 2 is 1.83 bits per heavy atom. The molecule has 1 aliphatic rings. The standard InChI is InChI=1S/C24H26O4.C2H6/c1-16-11-17(12-20-13-22(28-24(16)20)18-7-3-4-8-18)15-27-21-10-6-5-9-19(21)14-23(25)26-2;1-2/h5-6,9-13,18H,3-4,7-8,14-15H2,1-2H3;1-2H3. The zero-order valence-corrected chi connectivity index (χ0v) is 18.5. The third kappa shape index (κ3) is 5.05. The van der Waals surface area contributed by atoms with Crippen LogP contribution in [-0.2, 0) is 22.6 Å². The van der Waals surface area contributed by atoms with Gasteiger partial charge in [0.15, 0.2) is 0 Å². The molecule has 4 rings (SSSR count). The molecule has 0 spiro atoms. The van der Waals surface area contributed by atoms with Crippen molar-refractivity contribution in [1.82, 2.24) is 0 Å². The smallest absolute Gasteiger partial charge is 0.310 e. The number of benzene rings is 2. The van der Waals surface area contributed by atoms with Gasteiger partial charge in [0.1, 0.15) is 23.7 Å². The summed E-state index contributed by atoms with van der Waals surface area (Å²) in [5.74, 6) is 2.13. The molecule has 1 aromatic heterocycles. The minimum Gasteiger partial charge on any atom is -0.489 e. The van der Waals surface area contributed by atoms with Crippen molar-refractivity contribution in [1.29, 1.82) is 0 Å². The van der Waals surface area contributed by atoms with Crippen LogP contribution in [0, 0.1) is 6.92 Å². The zero-order chi connectivity index (χ0) is 21.5. The van der Waals surface area contributed by atoms with Crippen LogP contribution in [-0.4, -0.2) is 13.1 Å². The molecule has 0 saturated heterocycles. The number of furan rings is 1. The molecule has 1 fully saturated rings. The van der Waals surface area contributed by atoms with E-state index in [0.29, 0.717) is 18.3 Å². The van der Waals surface area contributed by atoms with Crippen molar-refractivity contribution in [2.24, 2.45) is 0 Å². The summed E-state index contributed by atoms with van der Waals surface area (Å²) >= 11 is 0. The maximum absolute atomic E-state index is 11.6. The SMILES string of the molecule is CC.COC(=O)Cc1ccccc1OCc1cc(C)c2oc(C3CCCC3)cc2c1. The number of rotatable bonds is 6. The highest BCUT2D eigenvalue weighted by atomic mass is 16.5. The van der Waals surface area contributed by atoms with Crippen LogP contribution in [0.4, 0.5) is 0 Å². The molecule has 1 saturated carbocycles. The van der Waals surface area contributed by atoms with E-state index in [4.69, 9.17) is 13.9 Å². The van der Waals surface area contributed by atoms with Crippen LogP contribution in [0.1, 0.15) is 67.9 Å². The maximum atomic E-state index is 11.6. The van der Waals surface area contributed by atoms with Crippen LogP contribution in [0.2, 0.25) is 0 Å². The number of methoxy groups -OCH3 is 1. The molecule has 0 atom stereocenters. The molecule has 0 unspecified atom stereocenters. The molecule has 0 bridgehead atoms. The van der Waals surface area contributed by atoms with Crippen LogP contribution < -0.4 is 4.74 Å². The number of hydrogen-bond donors (Lipinski definition) is 0. The average molecular weight is 409 g/mol. The van der Waals surface area contributed by atoms with E-state index < -0.39 is 0 Å². The predicted octanol–water partition coefficient (Wildman–Crippen LogP) is 6.72. The highest BCUT2D eigenvalue weighted by Gasteiger charge is 2.21. The molecule has 2 aromatic carbocycles. The Labute approximate surface area is 179 Å². The Hall–Kier alpha value is -2.75. The quantitative estimate of drug-likeness (QED) is 0.425. The normalized spacial score (nSPS) is 13.7. The predicted molar refractivity (Wildman–Crippen MR) is 120 cm³/mol. The number of hydrogen-bond acceptors (Lipinski definition) is 4. The summed E-state index contributed by atoms with van der Waals surface area (Å²) in [6.07, 6.45) is 5.25. The van der Waals surface area contributed by atoms with Gasteiger partial charge in [-0.2, -0.15) is 0 Å². The van der Waals surface area contributed by atoms with Gasteiger partial charge in [-0.3, -0.25) is 4.79 Å². The molecule has 1 aliphatic carbocycles. The lowest BCUT2D eigenvalue weighted by molar-refractivity contribution is -0.139. The molecule has 0 amide bonds. The monoisotopic (exact) mass is 408 g/mol. The lowest BCUT2D eigenvalue weighted by Gasteiger charge is -2.11. The zero-order valence-electron chi connectivity index (χ0n) is 18.5. The first-order valence-corrected chi connectivity index (χ1v) is 10.9. The van der Waals surface area contributed by atoms with Crippen molar-refractivity contribution in [3.63, 3.8) is 0 Å². The second-order valence-electron chi connectivity index (χ2n) is 7.61. The highest BCUT2D eigenvalue weighted by Crippen LogP contribution is 2.37. The molecule has 0 radical (unpaired) electrons. The maximum Gasteiger partial charge on any atom is 0.310 e. The van der Waals surface area contributed by atoms with Gasteiger partial charge >= 0.3 is 5.97 Å². The van der Waals surface area contributed by atoms with E-state index in [1.54, 1.807) is 0 Å². The van der Waals surface area contributed by atoms with Crippen molar-refractivity contribution in [2.45, 2.75) is 65.4 Å². The van der Waals surface area contributed by atoms with E-state index in [1.807, 2.05) is 38.1 Å². The molecule has 0 aliphatic heterocycles. The Morgan fingerprint density at radius 1 is 1.10 bits per heavy atom. The Balaban J connectivity index is 0.00000124. The summed E-state index contributed by atoms with van der Waals surface area (Å²) in [7, 11) is 1.40. The van der Waals surface area contributed by atoms with E-state index in [0.717, 1.165) is 33.4 Å². The summed E-state index contributed by atoms with van der Waals surface area (Å²) < 4.78 is 17.0. The molecule has 4 nitrogen and oxygen atoms in total. The van der Waals surface area contributed by atoms with Crippen LogP contribution in [0.5, 0.6) is 5.75 Å². The number of esters is 1. The summed E-state index contributed by atoms with van der Waals surface area (Å²) in [6.45, 7) is 6.53. The fraction of sp³-hybridized carbons (Fsp3) is 0.423. The van der Waals surface area contributed by atoms with Crippen LogP contribution in [0.25, 0.3) is 11.0 Å². The lowest BCUT2D eigenvalue weighted by atomic mass is 10.0. The topological polar surface area (TPSA) is 48.7 Å². The number of para-hydroxylation sites is 1. The summed E-state index contributed by atoms with van der Waals surface area (Å²) in [4.78, 5) is 11.6. The van der Waals surface area contributed by atoms with Gasteiger partial charge in [0.25, 0.3) is 0 Å². The van der Waals surface area contributed by atoms with Gasteiger partial charge in [0, 0.05) is 16.9 Å². The number of carbonyl (C=O) groups is 1. The van der Waals surface area contributed by atoms with Gasteiger partial charge in [-0.1, -0.05) is 44.9 Å². The second-order valence-corrected chi connectivity index (χ2v) is 7.61. The molecular formula is C26H32O4. The highest BCUT2D eigenvalue weighted by molar-refractivity contribution is 5.82. The molecular weight excluding hydrogens is 376 g/mol. The van der Waals surface area contributed by atoms with Crippen molar-refractivity contribution in [3.05, 3.63) is 64.9 Å². The number of aryl methyl sites for hydroxylation is 1. The number of carbonyl (C=O) groups excluding carboxylic acids is 1. The van der Waals surface area contributed by atoms with Crippen molar-refractivity contribution in [2.75, 3.05) is 7.11 Å². The summed E-state index contributed by atoms with van der Waals surface area (Å²) in [5, 5.41) is 1.14. The first-order chi connectivity index (χ1) is 14.6. The average Bonchev–Trinajstić information content (AvgIpc) is 3.44. The van der Waals surface area contributed by atoms with Crippen LogP contribution >= 0.6 is 0 Å².